The molecule has 4 fully saturated rings. The first-order chi connectivity index (χ1) is 22.5. The molecule has 4 saturated heterocycles. The molecule has 2 aromatic heterocycles. The predicted octanol–water partition coefficient (Wildman–Crippen LogP) is 4.09. The fourth-order valence-electron chi connectivity index (χ4n) is 7.52. The van der Waals surface area contributed by atoms with Crippen molar-refractivity contribution in [2.24, 2.45) is 0 Å². The van der Waals surface area contributed by atoms with E-state index in [4.69, 9.17) is 0 Å². The second-order valence-corrected chi connectivity index (χ2v) is 15.7. The standard InChI is InChI=1S/C32H36F2N5O6PS/c33-29(34)25-9-11-38(25)24-8-10-35-14-22(24)20-15-37(16-20)32(42)26-6-5-21-2-1-3-23(31(41)39(21)26)36-30(40)28-13-19-12-18(17-46(43,44)45)4-7-27(19)47-28/h4,7-8,10,12-14,20-21,23,25-26,29H,1-3,5-6,9,11,15-17H2,(H,36,40)(H2,43,44,45)/t21-,23-,25+,26-/m0/s1. The molecule has 4 aliphatic rings. The van der Waals surface area contributed by atoms with Gasteiger partial charge in [-0.2, -0.15) is 0 Å². The number of amides is 3. The number of alkyl halides is 2. The highest BCUT2D eigenvalue weighted by atomic mass is 32.1. The van der Waals surface area contributed by atoms with Gasteiger partial charge in [0.25, 0.3) is 12.3 Å². The lowest BCUT2D eigenvalue weighted by Crippen LogP contribution is -2.59. The van der Waals surface area contributed by atoms with Gasteiger partial charge in [0, 0.05) is 59.9 Å². The molecule has 0 spiro atoms. The Labute approximate surface area is 274 Å². The van der Waals surface area contributed by atoms with Crippen LogP contribution in [-0.2, 0) is 20.3 Å². The summed E-state index contributed by atoms with van der Waals surface area (Å²) in [6, 6.07) is 6.16. The van der Waals surface area contributed by atoms with Crippen LogP contribution in [0.25, 0.3) is 10.1 Å². The van der Waals surface area contributed by atoms with Crippen LogP contribution < -0.4 is 10.2 Å². The van der Waals surface area contributed by atoms with Crippen LogP contribution in [0.1, 0.15) is 65.2 Å². The Kier molecular flexibility index (Phi) is 8.57. The van der Waals surface area contributed by atoms with Crippen molar-refractivity contribution in [2.45, 2.75) is 81.2 Å². The van der Waals surface area contributed by atoms with Gasteiger partial charge in [0.15, 0.2) is 0 Å². The average molecular weight is 688 g/mol. The molecule has 0 bridgehead atoms. The zero-order valence-electron chi connectivity index (χ0n) is 25.5. The van der Waals surface area contributed by atoms with E-state index in [1.54, 1.807) is 57.4 Å². The summed E-state index contributed by atoms with van der Waals surface area (Å²) >= 11 is 1.24. The number of carbonyl (C=O) groups excluding carboxylic acids is 3. The first-order valence-corrected chi connectivity index (χ1v) is 18.6. The third-order valence-corrected chi connectivity index (χ3v) is 11.9. The molecule has 0 saturated carbocycles. The second kappa shape index (κ2) is 12.5. The van der Waals surface area contributed by atoms with Crippen molar-refractivity contribution in [3.8, 4) is 0 Å². The SMILES string of the molecule is O=C(N[C@H]1CCC[C@H]2CC[C@@H](C(=O)N3CC(c4cnccc4N4CC[C@@H]4C(F)F)C3)N2C1=O)c1cc2cc(CP(=O)(O)O)ccc2s1. The van der Waals surface area contributed by atoms with E-state index in [0.29, 0.717) is 61.1 Å². The van der Waals surface area contributed by atoms with E-state index >= 15 is 0 Å². The van der Waals surface area contributed by atoms with E-state index in [1.165, 1.54) is 11.3 Å². The van der Waals surface area contributed by atoms with Crippen molar-refractivity contribution >= 4 is 52.4 Å². The van der Waals surface area contributed by atoms with Crippen LogP contribution in [0.5, 0.6) is 0 Å². The van der Waals surface area contributed by atoms with Crippen LogP contribution in [0, 0.1) is 0 Å². The molecule has 47 heavy (non-hydrogen) atoms. The average Bonchev–Trinajstić information content (AvgIpc) is 3.55. The number of aromatic nitrogens is 1. The first kappa shape index (κ1) is 32.1. The maximum Gasteiger partial charge on any atom is 0.329 e. The van der Waals surface area contributed by atoms with E-state index in [9.17, 15) is 37.5 Å². The van der Waals surface area contributed by atoms with E-state index in [1.807, 2.05) is 0 Å². The van der Waals surface area contributed by atoms with Crippen molar-refractivity contribution < 1.29 is 37.5 Å². The monoisotopic (exact) mass is 687 g/mol. The van der Waals surface area contributed by atoms with Crippen molar-refractivity contribution in [1.29, 1.82) is 0 Å². The summed E-state index contributed by atoms with van der Waals surface area (Å²) in [4.78, 5) is 69.4. The highest BCUT2D eigenvalue weighted by Gasteiger charge is 2.48. The van der Waals surface area contributed by atoms with Gasteiger partial charge in [0.05, 0.1) is 17.1 Å². The molecule has 1 aromatic carbocycles. The Morgan fingerprint density at radius 3 is 2.62 bits per heavy atom. The normalized spacial score (nSPS) is 25.0. The Morgan fingerprint density at radius 1 is 1.09 bits per heavy atom. The molecule has 4 aliphatic heterocycles. The van der Waals surface area contributed by atoms with E-state index in [2.05, 4.69) is 10.3 Å². The molecular formula is C32H36F2N5O6PS. The number of halogens is 2. The molecule has 0 radical (unpaired) electrons. The van der Waals surface area contributed by atoms with Gasteiger partial charge in [-0.15, -0.1) is 11.3 Å². The summed E-state index contributed by atoms with van der Waals surface area (Å²) in [6.45, 7) is 1.41. The number of thiophene rings is 1. The number of nitrogens with zero attached hydrogens (tertiary/aromatic N) is 4. The summed E-state index contributed by atoms with van der Waals surface area (Å²) in [5.74, 6) is -0.820. The lowest BCUT2D eigenvalue weighted by Gasteiger charge is -2.47. The fraction of sp³-hybridized carbons (Fsp3) is 0.500. The van der Waals surface area contributed by atoms with Crippen molar-refractivity contribution in [1.82, 2.24) is 20.1 Å². The molecule has 3 N–H and O–H groups in total. The molecule has 7 rings (SSSR count). The number of pyridine rings is 1. The molecule has 11 nitrogen and oxygen atoms in total. The van der Waals surface area contributed by atoms with Crippen LogP contribution in [-0.4, -0.2) is 92.5 Å². The number of hydrogen-bond acceptors (Lipinski definition) is 7. The van der Waals surface area contributed by atoms with Gasteiger partial charge < -0.3 is 29.8 Å². The van der Waals surface area contributed by atoms with Crippen LogP contribution >= 0.6 is 18.9 Å². The zero-order valence-corrected chi connectivity index (χ0v) is 27.2. The largest absolute Gasteiger partial charge is 0.362 e. The minimum Gasteiger partial charge on any atom is -0.362 e. The number of anilines is 1. The molecular weight excluding hydrogens is 651 g/mol. The predicted molar refractivity (Wildman–Crippen MR) is 172 cm³/mol. The van der Waals surface area contributed by atoms with Crippen LogP contribution in [0.4, 0.5) is 14.5 Å². The second-order valence-electron chi connectivity index (χ2n) is 13.0. The molecule has 250 valence electrons. The lowest BCUT2D eigenvalue weighted by molar-refractivity contribution is -0.148. The molecule has 3 aromatic rings. The number of likely N-dealkylation sites (tertiary alicyclic amines) is 1. The number of hydrogen-bond donors (Lipinski definition) is 3. The molecule has 6 heterocycles. The number of carbonyl (C=O) groups is 3. The van der Waals surface area contributed by atoms with Crippen molar-refractivity contribution in [2.75, 3.05) is 24.5 Å². The number of benzene rings is 1. The molecule has 3 amide bonds. The summed E-state index contributed by atoms with van der Waals surface area (Å²) in [7, 11) is -4.24. The zero-order chi connectivity index (χ0) is 33.0. The third kappa shape index (κ3) is 6.28. The van der Waals surface area contributed by atoms with Gasteiger partial charge >= 0.3 is 7.60 Å². The maximum atomic E-state index is 13.9. The summed E-state index contributed by atoms with van der Waals surface area (Å²) in [6.07, 6.45) is 4.12. The quantitative estimate of drug-likeness (QED) is 0.301. The Hall–Kier alpha value is -3.45. The Morgan fingerprint density at radius 2 is 1.89 bits per heavy atom. The number of fused-ring (bicyclic) bond motifs is 2. The first-order valence-electron chi connectivity index (χ1n) is 15.9. The van der Waals surface area contributed by atoms with Crippen LogP contribution in [0.15, 0.2) is 42.7 Å². The molecule has 0 aliphatic carbocycles. The topological polar surface area (TPSA) is 143 Å². The lowest BCUT2D eigenvalue weighted by atomic mass is 9.88. The summed E-state index contributed by atoms with van der Waals surface area (Å²) in [5.41, 5.74) is 2.08. The molecule has 15 heteroatoms. The van der Waals surface area contributed by atoms with Crippen LogP contribution in [0.3, 0.4) is 0 Å². The van der Waals surface area contributed by atoms with Crippen molar-refractivity contribution in [3.63, 3.8) is 0 Å². The minimum absolute atomic E-state index is 0.0279. The molecule has 0 unspecified atom stereocenters. The van der Waals surface area contributed by atoms with Gasteiger partial charge in [0.1, 0.15) is 12.1 Å². The van der Waals surface area contributed by atoms with E-state index < -0.39 is 44.2 Å². The summed E-state index contributed by atoms with van der Waals surface area (Å²) < 4.78 is 39.2. The van der Waals surface area contributed by atoms with Crippen molar-refractivity contribution in [3.05, 3.63) is 58.7 Å². The van der Waals surface area contributed by atoms with Crippen LogP contribution in [0.2, 0.25) is 0 Å². The van der Waals surface area contributed by atoms with Gasteiger partial charge in [-0.3, -0.25) is 23.9 Å². The van der Waals surface area contributed by atoms with Gasteiger partial charge in [-0.25, -0.2) is 8.78 Å². The Bertz CT molecular complexity index is 1760. The summed E-state index contributed by atoms with van der Waals surface area (Å²) in [5, 5.41) is 3.59. The highest BCUT2D eigenvalue weighted by Crippen LogP contribution is 2.41. The molecule has 4 atom stereocenters. The fourth-order valence-corrected chi connectivity index (χ4v) is 9.14. The number of rotatable bonds is 8. The highest BCUT2D eigenvalue weighted by molar-refractivity contribution is 7.50. The van der Waals surface area contributed by atoms with Gasteiger partial charge in [-0.1, -0.05) is 6.07 Å². The van der Waals surface area contributed by atoms with E-state index in [0.717, 1.165) is 28.8 Å². The maximum absolute atomic E-state index is 13.9. The Balaban J connectivity index is 1.01. The third-order valence-electron chi connectivity index (χ3n) is 10.00. The van der Waals surface area contributed by atoms with Gasteiger partial charge in [-0.05, 0) is 73.7 Å². The van der Waals surface area contributed by atoms with E-state index in [-0.39, 0.29) is 23.8 Å². The number of nitrogens with one attached hydrogen (secondary N) is 1. The smallest absolute Gasteiger partial charge is 0.329 e. The van der Waals surface area contributed by atoms with Gasteiger partial charge in [0.2, 0.25) is 11.8 Å². The minimum atomic E-state index is -4.24.